The first-order valence-electron chi connectivity index (χ1n) is 6.85. The minimum Gasteiger partial charge on any atom is -0.321 e. The van der Waals surface area contributed by atoms with Crippen LogP contribution in [0.5, 0.6) is 0 Å². The fourth-order valence-electron chi connectivity index (χ4n) is 2.76. The quantitative estimate of drug-likeness (QED) is 0.817. The first-order chi connectivity index (χ1) is 9.94. The zero-order valence-corrected chi connectivity index (χ0v) is 11.6. The number of halogens is 1. The molecule has 5 nitrogen and oxygen atoms in total. The van der Waals surface area contributed by atoms with Gasteiger partial charge in [0.2, 0.25) is 17.7 Å². The Labute approximate surface area is 121 Å². The summed E-state index contributed by atoms with van der Waals surface area (Å²) in [4.78, 5) is 37.2. The van der Waals surface area contributed by atoms with Gasteiger partial charge in [0.05, 0.1) is 5.41 Å². The molecule has 1 aromatic carbocycles. The summed E-state index contributed by atoms with van der Waals surface area (Å²) in [6.45, 7) is 1.48. The van der Waals surface area contributed by atoms with Crippen LogP contribution in [0.2, 0.25) is 0 Å². The Morgan fingerprint density at radius 3 is 2.48 bits per heavy atom. The van der Waals surface area contributed by atoms with Crippen LogP contribution in [0.25, 0.3) is 0 Å². The summed E-state index contributed by atoms with van der Waals surface area (Å²) in [6.07, 6.45) is 1.30. The highest BCUT2D eigenvalue weighted by Gasteiger charge is 2.54. The third-order valence-electron chi connectivity index (χ3n) is 4.24. The molecule has 1 saturated carbocycles. The molecular formula is C15H15FN2O3. The molecule has 1 heterocycles. The molecule has 110 valence electrons. The number of benzene rings is 1. The Morgan fingerprint density at radius 1 is 1.29 bits per heavy atom. The minimum absolute atomic E-state index is 0.116. The summed E-state index contributed by atoms with van der Waals surface area (Å²) < 4.78 is 13.0. The Bertz CT molecular complexity index is 622. The van der Waals surface area contributed by atoms with Crippen molar-refractivity contribution in [1.29, 1.82) is 0 Å². The van der Waals surface area contributed by atoms with Crippen LogP contribution in [0.3, 0.4) is 0 Å². The second kappa shape index (κ2) is 4.65. The van der Waals surface area contributed by atoms with Gasteiger partial charge in [-0.05, 0) is 37.5 Å². The summed E-state index contributed by atoms with van der Waals surface area (Å²) in [5, 5.41) is 2.21. The Hall–Kier alpha value is -2.24. The van der Waals surface area contributed by atoms with Gasteiger partial charge in [-0.25, -0.2) is 4.39 Å². The van der Waals surface area contributed by atoms with E-state index in [1.807, 2.05) is 0 Å². The number of amides is 3. The number of hydrogen-bond acceptors (Lipinski definition) is 3. The number of nitrogens with one attached hydrogen (secondary N) is 1. The van der Waals surface area contributed by atoms with Crippen LogP contribution in [0, 0.1) is 5.82 Å². The van der Waals surface area contributed by atoms with E-state index in [1.165, 1.54) is 17.0 Å². The normalized spacial score (nSPS) is 23.7. The zero-order chi connectivity index (χ0) is 15.2. The molecule has 0 radical (unpaired) electrons. The number of nitrogens with zero attached hydrogens (tertiary/aromatic N) is 1. The second-order valence-corrected chi connectivity index (χ2v) is 5.61. The lowest BCUT2D eigenvalue weighted by Gasteiger charge is -2.34. The minimum atomic E-state index is -0.708. The van der Waals surface area contributed by atoms with Crippen LogP contribution in [0.15, 0.2) is 24.3 Å². The Morgan fingerprint density at radius 2 is 1.90 bits per heavy atom. The molecule has 6 heteroatoms. The molecule has 0 bridgehead atoms. The standard InChI is InChI=1S/C15H15FN2O3/c1-9-13(20)17-12(19)8-18(9)14(21)15(6-7-15)10-2-4-11(16)5-3-10/h2-5,9H,6-8H2,1H3,(H,17,19,20). The molecule has 1 aromatic rings. The van der Waals surface area contributed by atoms with Crippen molar-refractivity contribution >= 4 is 17.7 Å². The molecular weight excluding hydrogens is 275 g/mol. The molecule has 1 unspecified atom stereocenters. The Balaban J connectivity index is 1.89. The van der Waals surface area contributed by atoms with E-state index in [-0.39, 0.29) is 18.3 Å². The van der Waals surface area contributed by atoms with Crippen molar-refractivity contribution in [2.75, 3.05) is 6.54 Å². The van der Waals surface area contributed by atoms with E-state index < -0.39 is 23.3 Å². The van der Waals surface area contributed by atoms with Crippen molar-refractivity contribution in [2.24, 2.45) is 0 Å². The molecule has 0 spiro atoms. The van der Waals surface area contributed by atoms with E-state index >= 15 is 0 Å². The SMILES string of the molecule is CC1C(=O)NC(=O)CN1C(=O)C1(c2ccc(F)cc2)CC1. The summed E-state index contributed by atoms with van der Waals surface area (Å²) in [7, 11) is 0. The third kappa shape index (κ3) is 2.20. The number of piperazine rings is 1. The molecule has 1 atom stereocenters. The lowest BCUT2D eigenvalue weighted by molar-refractivity contribution is -0.150. The predicted molar refractivity (Wildman–Crippen MR) is 71.6 cm³/mol. The van der Waals surface area contributed by atoms with Crippen molar-refractivity contribution in [3.05, 3.63) is 35.6 Å². The summed E-state index contributed by atoms with van der Waals surface area (Å²) >= 11 is 0. The predicted octanol–water partition coefficient (Wildman–Crippen LogP) is 0.731. The van der Waals surface area contributed by atoms with Crippen molar-refractivity contribution in [2.45, 2.75) is 31.2 Å². The number of carbonyl (C=O) groups excluding carboxylic acids is 3. The maximum absolute atomic E-state index is 13.0. The van der Waals surface area contributed by atoms with E-state index in [9.17, 15) is 18.8 Å². The molecule has 2 fully saturated rings. The molecule has 1 aliphatic carbocycles. The Kier molecular flexibility index (Phi) is 3.04. The van der Waals surface area contributed by atoms with Crippen LogP contribution < -0.4 is 5.32 Å². The van der Waals surface area contributed by atoms with Crippen LogP contribution in [0.1, 0.15) is 25.3 Å². The number of hydrogen-bond donors (Lipinski definition) is 1. The van der Waals surface area contributed by atoms with E-state index in [2.05, 4.69) is 5.32 Å². The summed E-state index contributed by atoms with van der Waals surface area (Å²) in [5.41, 5.74) is 0.0272. The number of rotatable bonds is 2. The molecule has 0 aromatic heterocycles. The highest BCUT2D eigenvalue weighted by molar-refractivity contribution is 6.06. The van der Waals surface area contributed by atoms with Gasteiger partial charge >= 0.3 is 0 Å². The van der Waals surface area contributed by atoms with Gasteiger partial charge in [0.15, 0.2) is 0 Å². The lowest BCUT2D eigenvalue weighted by atomic mass is 9.93. The van der Waals surface area contributed by atoms with Gasteiger partial charge in [0.25, 0.3) is 0 Å². The fourth-order valence-corrected chi connectivity index (χ4v) is 2.76. The van der Waals surface area contributed by atoms with Gasteiger partial charge in [-0.2, -0.15) is 0 Å². The van der Waals surface area contributed by atoms with Crippen LogP contribution in [-0.4, -0.2) is 35.2 Å². The van der Waals surface area contributed by atoms with Crippen LogP contribution in [0.4, 0.5) is 4.39 Å². The van der Waals surface area contributed by atoms with Crippen molar-refractivity contribution in [3.8, 4) is 0 Å². The van der Waals surface area contributed by atoms with Gasteiger partial charge in [0.1, 0.15) is 18.4 Å². The van der Waals surface area contributed by atoms with Gasteiger partial charge in [-0.15, -0.1) is 0 Å². The van der Waals surface area contributed by atoms with Crippen LogP contribution in [-0.2, 0) is 19.8 Å². The molecule has 21 heavy (non-hydrogen) atoms. The average Bonchev–Trinajstić information content (AvgIpc) is 3.24. The fraction of sp³-hybridized carbons (Fsp3) is 0.400. The summed E-state index contributed by atoms with van der Waals surface area (Å²) in [5.74, 6) is -1.52. The highest BCUT2D eigenvalue weighted by atomic mass is 19.1. The van der Waals surface area contributed by atoms with Gasteiger partial charge in [-0.3, -0.25) is 19.7 Å². The maximum Gasteiger partial charge on any atom is 0.249 e. The average molecular weight is 290 g/mol. The highest BCUT2D eigenvalue weighted by Crippen LogP contribution is 2.50. The maximum atomic E-state index is 13.0. The molecule has 1 saturated heterocycles. The van der Waals surface area contributed by atoms with Gasteiger partial charge < -0.3 is 4.90 Å². The molecule has 2 aliphatic rings. The largest absolute Gasteiger partial charge is 0.321 e. The smallest absolute Gasteiger partial charge is 0.249 e. The van der Waals surface area contributed by atoms with Gasteiger partial charge in [0, 0.05) is 0 Å². The number of carbonyl (C=O) groups is 3. The third-order valence-corrected chi connectivity index (χ3v) is 4.24. The second-order valence-electron chi connectivity index (χ2n) is 5.61. The lowest BCUT2D eigenvalue weighted by Crippen LogP contribution is -2.60. The van der Waals surface area contributed by atoms with Crippen molar-refractivity contribution in [3.63, 3.8) is 0 Å². The molecule has 1 N–H and O–H groups in total. The van der Waals surface area contributed by atoms with Crippen LogP contribution >= 0.6 is 0 Å². The molecule has 1 aliphatic heterocycles. The van der Waals surface area contributed by atoms with Gasteiger partial charge in [-0.1, -0.05) is 12.1 Å². The van der Waals surface area contributed by atoms with E-state index in [0.717, 1.165) is 5.56 Å². The van der Waals surface area contributed by atoms with Crippen molar-refractivity contribution < 1.29 is 18.8 Å². The van der Waals surface area contributed by atoms with E-state index in [1.54, 1.807) is 19.1 Å². The van der Waals surface area contributed by atoms with E-state index in [4.69, 9.17) is 0 Å². The topological polar surface area (TPSA) is 66.5 Å². The number of imide groups is 1. The molecule has 3 amide bonds. The first kappa shape index (κ1) is 13.7. The van der Waals surface area contributed by atoms with Crippen molar-refractivity contribution in [1.82, 2.24) is 10.2 Å². The summed E-state index contributed by atoms with van der Waals surface area (Å²) in [6, 6.07) is 5.15. The first-order valence-corrected chi connectivity index (χ1v) is 6.85. The molecule has 3 rings (SSSR count). The monoisotopic (exact) mass is 290 g/mol. The zero-order valence-electron chi connectivity index (χ0n) is 11.6. The van der Waals surface area contributed by atoms with E-state index in [0.29, 0.717) is 12.8 Å².